The van der Waals surface area contributed by atoms with Gasteiger partial charge in [0.05, 0.1) is 12.2 Å². The number of likely N-dealkylation sites (tertiary alicyclic amines) is 1. The summed E-state index contributed by atoms with van der Waals surface area (Å²) in [7, 11) is 0. The second-order valence-electron chi connectivity index (χ2n) is 7.38. The minimum absolute atomic E-state index is 0.124. The van der Waals surface area contributed by atoms with Crippen LogP contribution in [0.5, 0.6) is 0 Å². The summed E-state index contributed by atoms with van der Waals surface area (Å²) in [5.41, 5.74) is 0.238. The van der Waals surface area contributed by atoms with E-state index in [9.17, 15) is 19.5 Å². The summed E-state index contributed by atoms with van der Waals surface area (Å²) in [4.78, 5) is 41.5. The van der Waals surface area contributed by atoms with Crippen LogP contribution in [-0.4, -0.2) is 60.6 Å². The van der Waals surface area contributed by atoms with Gasteiger partial charge in [-0.15, -0.1) is 5.10 Å². The molecule has 3 heterocycles. The molecule has 0 radical (unpaired) electrons. The number of hydrogen-bond acceptors (Lipinski definition) is 6. The minimum Gasteiger partial charge on any atom is -0.480 e. The van der Waals surface area contributed by atoms with Crippen LogP contribution in [0.4, 0.5) is 5.82 Å². The van der Waals surface area contributed by atoms with E-state index in [4.69, 9.17) is 0 Å². The highest BCUT2D eigenvalue weighted by atomic mass is 16.4. The molecule has 10 nitrogen and oxygen atoms in total. The van der Waals surface area contributed by atoms with Crippen LogP contribution >= 0.6 is 0 Å². The molecule has 1 fully saturated rings. The van der Waals surface area contributed by atoms with Gasteiger partial charge in [-0.2, -0.15) is 0 Å². The summed E-state index contributed by atoms with van der Waals surface area (Å²) in [5, 5.41) is 18.4. The van der Waals surface area contributed by atoms with E-state index in [-0.39, 0.29) is 23.5 Å². The molecule has 0 aromatic carbocycles. The number of aromatic nitrogens is 4. The Hall–Kier alpha value is -2.91. The number of hydrogen-bond donors (Lipinski definition) is 3. The zero-order valence-electron chi connectivity index (χ0n) is 14.9. The molecular formula is C16H22N6O4. The first kappa shape index (κ1) is 17.9. The van der Waals surface area contributed by atoms with Crippen molar-refractivity contribution in [3.8, 4) is 0 Å². The van der Waals surface area contributed by atoms with Gasteiger partial charge in [0.2, 0.25) is 11.6 Å². The number of nitrogens with one attached hydrogen (secondary N) is 2. The van der Waals surface area contributed by atoms with Crippen LogP contribution in [0.2, 0.25) is 0 Å². The van der Waals surface area contributed by atoms with E-state index < -0.39 is 17.7 Å². The van der Waals surface area contributed by atoms with E-state index in [1.165, 1.54) is 9.30 Å². The van der Waals surface area contributed by atoms with Crippen molar-refractivity contribution >= 4 is 23.3 Å². The zero-order chi connectivity index (χ0) is 19.1. The van der Waals surface area contributed by atoms with Gasteiger partial charge in [-0.05, 0) is 12.8 Å². The smallest absolute Gasteiger partial charge is 0.347 e. The van der Waals surface area contributed by atoms with Crippen molar-refractivity contribution in [2.75, 3.05) is 18.4 Å². The van der Waals surface area contributed by atoms with Gasteiger partial charge in [0, 0.05) is 18.2 Å². The molecule has 0 bridgehead atoms. The first-order chi connectivity index (χ1) is 12.2. The number of rotatable bonds is 4. The van der Waals surface area contributed by atoms with Crippen LogP contribution in [0.25, 0.3) is 5.65 Å². The molecular weight excluding hydrogens is 340 g/mol. The van der Waals surface area contributed by atoms with Gasteiger partial charge in [0.15, 0.2) is 5.82 Å². The number of aliphatic carboxylic acids is 1. The summed E-state index contributed by atoms with van der Waals surface area (Å²) in [5.74, 6) is -1.02. The molecule has 3 N–H and O–H groups in total. The van der Waals surface area contributed by atoms with Crippen molar-refractivity contribution in [1.82, 2.24) is 24.5 Å². The zero-order valence-corrected chi connectivity index (χ0v) is 14.9. The molecule has 3 rings (SSSR count). The fraction of sp³-hybridized carbons (Fsp3) is 0.562. The predicted octanol–water partition coefficient (Wildman–Crippen LogP) is 0.203. The average Bonchev–Trinajstić information content (AvgIpc) is 3.19. The third-order valence-electron chi connectivity index (χ3n) is 4.43. The Bertz CT molecular complexity index is 910. The van der Waals surface area contributed by atoms with Crippen molar-refractivity contribution < 1.29 is 14.7 Å². The molecule has 1 aliphatic rings. The van der Waals surface area contributed by atoms with Crippen molar-refractivity contribution in [2.45, 2.75) is 45.1 Å². The van der Waals surface area contributed by atoms with E-state index >= 15 is 0 Å². The third-order valence-corrected chi connectivity index (χ3v) is 4.43. The summed E-state index contributed by atoms with van der Waals surface area (Å²) >= 11 is 0. The molecule has 1 aliphatic heterocycles. The van der Waals surface area contributed by atoms with E-state index in [0.717, 1.165) is 0 Å². The topological polar surface area (TPSA) is 133 Å². The second-order valence-corrected chi connectivity index (χ2v) is 7.38. The molecule has 2 aromatic rings. The molecule has 26 heavy (non-hydrogen) atoms. The fourth-order valence-electron chi connectivity index (χ4n) is 2.98. The molecule has 0 spiro atoms. The Kier molecular flexibility index (Phi) is 4.43. The number of carboxylic acid groups (broad SMARTS) is 1. The first-order valence-electron chi connectivity index (χ1n) is 8.43. The maximum Gasteiger partial charge on any atom is 0.347 e. The van der Waals surface area contributed by atoms with Crippen LogP contribution in [0.15, 0.2) is 11.0 Å². The lowest BCUT2D eigenvalue weighted by Crippen LogP contribution is -2.43. The number of carbonyl (C=O) groups is 2. The van der Waals surface area contributed by atoms with Crippen LogP contribution in [-0.2, 0) is 15.0 Å². The summed E-state index contributed by atoms with van der Waals surface area (Å²) < 4.78 is 1.34. The van der Waals surface area contributed by atoms with Gasteiger partial charge in [0.1, 0.15) is 6.04 Å². The quantitative estimate of drug-likeness (QED) is 0.708. The van der Waals surface area contributed by atoms with E-state index in [1.807, 2.05) is 20.8 Å². The van der Waals surface area contributed by atoms with Gasteiger partial charge in [-0.1, -0.05) is 20.8 Å². The third kappa shape index (κ3) is 3.26. The van der Waals surface area contributed by atoms with Gasteiger partial charge in [-0.3, -0.25) is 4.79 Å². The lowest BCUT2D eigenvalue weighted by molar-refractivity contribution is -0.147. The number of aromatic amines is 1. The molecule has 2 aromatic heterocycles. The van der Waals surface area contributed by atoms with Crippen molar-refractivity contribution in [1.29, 1.82) is 0 Å². The molecule has 1 amide bonds. The van der Waals surface area contributed by atoms with Gasteiger partial charge in [0.25, 0.3) is 0 Å². The van der Waals surface area contributed by atoms with E-state index in [1.54, 1.807) is 6.20 Å². The molecule has 1 saturated heterocycles. The number of amides is 1. The Morgan fingerprint density at radius 1 is 1.42 bits per heavy atom. The Balaban J connectivity index is 1.85. The number of fused-ring (bicyclic) bond motifs is 1. The molecule has 0 aliphatic carbocycles. The number of nitrogens with zero attached hydrogens (tertiary/aromatic N) is 4. The molecule has 0 saturated carbocycles. The number of anilines is 1. The lowest BCUT2D eigenvalue weighted by Gasteiger charge is -2.22. The second kappa shape index (κ2) is 6.43. The fourth-order valence-corrected chi connectivity index (χ4v) is 2.98. The normalized spacial score (nSPS) is 17.7. The standard InChI is InChI=1S/C16H22N6O4/c1-16(2,3)10-8-22-13(19-20-15(22)26)12(18-10)17-7-11(23)21-6-4-5-9(21)14(24)25/h8-9H,4-7H2,1-3H3,(H,17,18)(H,20,26)(H,24,25)/t9-/m0/s1. The molecule has 1 atom stereocenters. The van der Waals surface area contributed by atoms with Crippen LogP contribution in [0.3, 0.4) is 0 Å². The number of H-pyrrole nitrogens is 1. The lowest BCUT2D eigenvalue weighted by atomic mass is 9.93. The van der Waals surface area contributed by atoms with Crippen molar-refractivity contribution in [3.05, 3.63) is 22.4 Å². The highest BCUT2D eigenvalue weighted by molar-refractivity contribution is 5.87. The van der Waals surface area contributed by atoms with Crippen LogP contribution in [0.1, 0.15) is 39.3 Å². The SMILES string of the molecule is CC(C)(C)c1cn2c(=O)[nH]nc2c(NCC(=O)N2CCC[C@H]2C(=O)O)n1. The minimum atomic E-state index is -0.995. The maximum absolute atomic E-state index is 12.4. The van der Waals surface area contributed by atoms with E-state index in [2.05, 4.69) is 20.5 Å². The Morgan fingerprint density at radius 3 is 2.81 bits per heavy atom. The maximum atomic E-state index is 12.4. The predicted molar refractivity (Wildman–Crippen MR) is 93.2 cm³/mol. The molecule has 0 unspecified atom stereocenters. The first-order valence-corrected chi connectivity index (χ1v) is 8.43. The highest BCUT2D eigenvalue weighted by Crippen LogP contribution is 2.23. The van der Waals surface area contributed by atoms with Gasteiger partial charge >= 0.3 is 11.7 Å². The van der Waals surface area contributed by atoms with Crippen LogP contribution in [0, 0.1) is 0 Å². The average molecular weight is 362 g/mol. The molecule has 140 valence electrons. The summed E-state index contributed by atoms with van der Waals surface area (Å²) in [6.07, 6.45) is 2.74. The number of carbonyl (C=O) groups excluding carboxylic acids is 1. The molecule has 10 heteroatoms. The van der Waals surface area contributed by atoms with Crippen molar-refractivity contribution in [2.24, 2.45) is 0 Å². The summed E-state index contributed by atoms with van der Waals surface area (Å²) in [6.45, 7) is 6.18. The van der Waals surface area contributed by atoms with Gasteiger partial charge in [-0.25, -0.2) is 24.1 Å². The van der Waals surface area contributed by atoms with E-state index in [0.29, 0.717) is 30.9 Å². The summed E-state index contributed by atoms with van der Waals surface area (Å²) in [6, 6.07) is -0.786. The Morgan fingerprint density at radius 2 is 2.15 bits per heavy atom. The van der Waals surface area contributed by atoms with Crippen molar-refractivity contribution in [3.63, 3.8) is 0 Å². The van der Waals surface area contributed by atoms with Gasteiger partial charge < -0.3 is 15.3 Å². The van der Waals surface area contributed by atoms with Crippen LogP contribution < -0.4 is 11.0 Å². The Labute approximate surface area is 149 Å². The largest absolute Gasteiger partial charge is 0.480 e. The monoisotopic (exact) mass is 362 g/mol. The number of carboxylic acids is 1. The highest BCUT2D eigenvalue weighted by Gasteiger charge is 2.33.